The highest BCUT2D eigenvalue weighted by Gasteiger charge is 2.35. The highest BCUT2D eigenvalue weighted by Crippen LogP contribution is 2.27. The van der Waals surface area contributed by atoms with E-state index in [2.05, 4.69) is 0 Å². The number of aromatic nitrogens is 2. The third kappa shape index (κ3) is 4.49. The minimum absolute atomic E-state index is 0.0225. The molecule has 12 heteroatoms. The largest absolute Gasteiger partial charge is 0.431 e. The van der Waals surface area contributed by atoms with Gasteiger partial charge in [-0.05, 0) is 30.3 Å². The van der Waals surface area contributed by atoms with Gasteiger partial charge in [0.25, 0.3) is 5.56 Å². The Morgan fingerprint density at radius 1 is 1.00 bits per heavy atom. The van der Waals surface area contributed by atoms with Crippen LogP contribution < -0.4 is 16.0 Å². The molecule has 162 valence electrons. The first-order valence-corrected chi connectivity index (χ1v) is 9.03. The zero-order chi connectivity index (χ0) is 23.1. The van der Waals surface area contributed by atoms with Crippen molar-refractivity contribution in [2.45, 2.75) is 6.18 Å². The molecule has 0 spiro atoms. The Balaban J connectivity index is 1.97. The van der Waals surface area contributed by atoms with Gasteiger partial charge >= 0.3 is 17.8 Å². The number of nitrogens with zero attached hydrogens (tertiary/aromatic N) is 2. The van der Waals surface area contributed by atoms with Crippen LogP contribution in [0.5, 0.6) is 5.75 Å². The first-order chi connectivity index (χ1) is 14.4. The van der Waals surface area contributed by atoms with Crippen molar-refractivity contribution in [3.8, 4) is 11.4 Å². The van der Waals surface area contributed by atoms with E-state index in [-0.39, 0.29) is 31.9 Å². The summed E-state index contributed by atoms with van der Waals surface area (Å²) in [5, 5.41) is 0.266. The number of carbonyl (C=O) groups is 1. The van der Waals surface area contributed by atoms with Crippen LogP contribution in [0, 0.1) is 5.82 Å². The Morgan fingerprint density at radius 3 is 2.26 bits per heavy atom. The molecular formula is C19H10Cl2F4N2O4. The molecule has 0 aliphatic heterocycles. The quantitative estimate of drug-likeness (QED) is 0.322. The Bertz CT molecular complexity index is 1320. The Kier molecular flexibility index (Phi) is 5.97. The number of esters is 1. The number of benzene rings is 2. The highest BCUT2D eigenvalue weighted by atomic mass is 35.5. The number of hydrogen-bond acceptors (Lipinski definition) is 4. The summed E-state index contributed by atoms with van der Waals surface area (Å²) in [6, 6.07) is 6.73. The van der Waals surface area contributed by atoms with Crippen LogP contribution in [0.2, 0.25) is 10.0 Å². The van der Waals surface area contributed by atoms with Crippen LogP contribution in [0.15, 0.2) is 52.1 Å². The fourth-order valence-electron chi connectivity index (χ4n) is 2.63. The van der Waals surface area contributed by atoms with Crippen molar-refractivity contribution in [3.63, 3.8) is 0 Å². The van der Waals surface area contributed by atoms with Crippen molar-refractivity contribution in [1.82, 2.24) is 9.13 Å². The van der Waals surface area contributed by atoms with Crippen molar-refractivity contribution in [2.24, 2.45) is 7.05 Å². The standard InChI is InChI=1S/C19H10Cl2F4N2O4/c1-26-15(19(23,24)25)8-16(28)27(18(26)30)10-3-5-14(13(22)7-10)31-17(29)9-2-4-11(20)12(21)6-9/h2-8H,1H3. The van der Waals surface area contributed by atoms with Gasteiger partial charge in [0.15, 0.2) is 11.6 Å². The minimum Gasteiger partial charge on any atom is -0.420 e. The van der Waals surface area contributed by atoms with Gasteiger partial charge < -0.3 is 4.74 Å². The predicted molar refractivity (Wildman–Crippen MR) is 104 cm³/mol. The summed E-state index contributed by atoms with van der Waals surface area (Å²) in [6.45, 7) is 0. The summed E-state index contributed by atoms with van der Waals surface area (Å²) in [5.74, 6) is -2.65. The molecule has 0 amide bonds. The normalized spacial score (nSPS) is 11.5. The van der Waals surface area contributed by atoms with Gasteiger partial charge in [-0.1, -0.05) is 23.2 Å². The first-order valence-electron chi connectivity index (χ1n) is 8.27. The van der Waals surface area contributed by atoms with E-state index in [1.165, 1.54) is 18.2 Å². The Morgan fingerprint density at radius 2 is 1.68 bits per heavy atom. The maximum atomic E-state index is 14.5. The maximum absolute atomic E-state index is 14.5. The van der Waals surface area contributed by atoms with Crippen molar-refractivity contribution in [3.05, 3.63) is 90.4 Å². The predicted octanol–water partition coefficient (Wildman–Crippen LogP) is 4.22. The van der Waals surface area contributed by atoms with Crippen LogP contribution in [0.4, 0.5) is 17.6 Å². The van der Waals surface area contributed by atoms with E-state index < -0.39 is 40.7 Å². The number of hydrogen-bond donors (Lipinski definition) is 0. The number of carbonyl (C=O) groups excluding carboxylic acids is 1. The monoisotopic (exact) mass is 476 g/mol. The fourth-order valence-corrected chi connectivity index (χ4v) is 2.93. The lowest BCUT2D eigenvalue weighted by atomic mass is 10.2. The van der Waals surface area contributed by atoms with Crippen LogP contribution in [-0.2, 0) is 13.2 Å². The number of halogens is 6. The van der Waals surface area contributed by atoms with Gasteiger partial charge in [0, 0.05) is 19.2 Å². The summed E-state index contributed by atoms with van der Waals surface area (Å²) in [6.07, 6.45) is -4.93. The molecule has 3 rings (SSSR count). The van der Waals surface area contributed by atoms with Gasteiger partial charge in [0.2, 0.25) is 0 Å². The molecule has 1 aromatic heterocycles. The van der Waals surface area contributed by atoms with Gasteiger partial charge in [-0.25, -0.2) is 18.5 Å². The summed E-state index contributed by atoms with van der Waals surface area (Å²) in [4.78, 5) is 36.5. The second-order valence-corrected chi connectivity index (χ2v) is 6.99. The smallest absolute Gasteiger partial charge is 0.420 e. The number of alkyl halides is 3. The van der Waals surface area contributed by atoms with E-state index in [0.29, 0.717) is 10.6 Å². The summed E-state index contributed by atoms with van der Waals surface area (Å²) < 4.78 is 58.8. The third-order valence-electron chi connectivity index (χ3n) is 4.14. The van der Waals surface area contributed by atoms with Crippen molar-refractivity contribution < 1.29 is 27.1 Å². The van der Waals surface area contributed by atoms with Gasteiger partial charge in [-0.3, -0.25) is 9.36 Å². The molecule has 0 unspecified atom stereocenters. The molecule has 31 heavy (non-hydrogen) atoms. The average molecular weight is 477 g/mol. The van der Waals surface area contributed by atoms with E-state index in [0.717, 1.165) is 19.2 Å². The van der Waals surface area contributed by atoms with Crippen LogP contribution >= 0.6 is 23.2 Å². The highest BCUT2D eigenvalue weighted by molar-refractivity contribution is 6.42. The van der Waals surface area contributed by atoms with E-state index in [1.54, 1.807) is 0 Å². The van der Waals surface area contributed by atoms with Crippen molar-refractivity contribution >= 4 is 29.2 Å². The average Bonchev–Trinajstić information content (AvgIpc) is 2.68. The number of ether oxygens (including phenoxy) is 1. The molecule has 0 atom stereocenters. The van der Waals surface area contributed by atoms with Crippen LogP contribution in [0.25, 0.3) is 5.69 Å². The van der Waals surface area contributed by atoms with Gasteiger partial charge in [0.1, 0.15) is 5.69 Å². The van der Waals surface area contributed by atoms with Crippen LogP contribution in [-0.4, -0.2) is 15.1 Å². The topological polar surface area (TPSA) is 70.3 Å². The molecule has 0 radical (unpaired) electrons. The molecule has 3 aromatic rings. The molecule has 1 heterocycles. The molecule has 0 saturated heterocycles. The maximum Gasteiger partial charge on any atom is 0.431 e. The summed E-state index contributed by atoms with van der Waals surface area (Å²) in [7, 11) is 0.824. The van der Waals surface area contributed by atoms with E-state index in [9.17, 15) is 31.9 Å². The van der Waals surface area contributed by atoms with Crippen LogP contribution in [0.3, 0.4) is 0 Å². The van der Waals surface area contributed by atoms with E-state index in [4.69, 9.17) is 27.9 Å². The SMILES string of the molecule is Cn1c(C(F)(F)F)cc(=O)n(-c2ccc(OC(=O)c3ccc(Cl)c(Cl)c3)c(F)c2)c1=O. The molecule has 6 nitrogen and oxygen atoms in total. The van der Waals surface area contributed by atoms with Crippen LogP contribution in [0.1, 0.15) is 16.1 Å². The van der Waals surface area contributed by atoms with E-state index >= 15 is 0 Å². The van der Waals surface area contributed by atoms with Crippen molar-refractivity contribution in [1.29, 1.82) is 0 Å². The van der Waals surface area contributed by atoms with Gasteiger partial charge in [0.05, 0.1) is 21.3 Å². The molecular weight excluding hydrogens is 467 g/mol. The molecule has 0 bridgehead atoms. The lowest BCUT2D eigenvalue weighted by Crippen LogP contribution is -2.40. The Hall–Kier alpha value is -3.11. The Labute approximate surface area is 180 Å². The van der Waals surface area contributed by atoms with E-state index in [1.807, 2.05) is 0 Å². The second-order valence-electron chi connectivity index (χ2n) is 6.18. The fraction of sp³-hybridized carbons (Fsp3) is 0.105. The molecule has 0 saturated carbocycles. The molecule has 0 N–H and O–H groups in total. The molecule has 2 aromatic carbocycles. The first kappa shape index (κ1) is 22.6. The molecule has 0 aliphatic rings. The minimum atomic E-state index is -4.93. The summed E-state index contributed by atoms with van der Waals surface area (Å²) in [5.41, 5.74) is -4.47. The zero-order valence-electron chi connectivity index (χ0n) is 15.3. The zero-order valence-corrected chi connectivity index (χ0v) is 16.8. The molecule has 0 fully saturated rings. The van der Waals surface area contributed by atoms with Gasteiger partial charge in [-0.2, -0.15) is 13.2 Å². The summed E-state index contributed by atoms with van der Waals surface area (Å²) >= 11 is 11.6. The second kappa shape index (κ2) is 8.20. The number of rotatable bonds is 3. The van der Waals surface area contributed by atoms with Gasteiger partial charge in [-0.15, -0.1) is 0 Å². The third-order valence-corrected chi connectivity index (χ3v) is 4.88. The lowest BCUT2D eigenvalue weighted by molar-refractivity contribution is -0.144. The van der Waals surface area contributed by atoms with Crippen molar-refractivity contribution in [2.75, 3.05) is 0 Å². The lowest BCUT2D eigenvalue weighted by Gasteiger charge is -2.14. The molecule has 0 aliphatic carbocycles.